The molecule has 5 rings (SSSR count). The first kappa shape index (κ1) is 19.8. The number of aromatic nitrogens is 3. The first-order valence-electron chi connectivity index (χ1n) is 9.87. The van der Waals surface area contributed by atoms with Crippen molar-refractivity contribution >= 4 is 34.1 Å². The molecule has 1 N–H and O–H groups in total. The summed E-state index contributed by atoms with van der Waals surface area (Å²) in [6.45, 7) is 2.92. The summed E-state index contributed by atoms with van der Waals surface area (Å²) < 4.78 is 25.5. The molecule has 0 amide bonds. The standard InChI is InChI=1S/C23H20ClFN4O2/c1-13-6-7-21(26-10-13)29-14(11-30-2)12-31-22-15(4-3-5-20(22)29)23-27-18-8-16(24)17(25)9-19(18)28-23/h3-10,14H,11-12H2,1-2H3,(H,27,28). The van der Waals surface area contributed by atoms with Crippen LogP contribution in [0.2, 0.25) is 5.02 Å². The smallest absolute Gasteiger partial charge is 0.154 e. The van der Waals surface area contributed by atoms with Crippen LogP contribution in [0, 0.1) is 12.7 Å². The van der Waals surface area contributed by atoms with Gasteiger partial charge >= 0.3 is 0 Å². The second kappa shape index (κ2) is 7.83. The molecular weight excluding hydrogens is 419 g/mol. The average molecular weight is 439 g/mol. The Morgan fingerprint density at radius 3 is 2.94 bits per heavy atom. The van der Waals surface area contributed by atoms with Gasteiger partial charge in [0.2, 0.25) is 0 Å². The van der Waals surface area contributed by atoms with Gasteiger partial charge in [0.1, 0.15) is 24.1 Å². The molecule has 4 aromatic rings. The summed E-state index contributed by atoms with van der Waals surface area (Å²) in [6.07, 6.45) is 1.84. The number of hydrogen-bond acceptors (Lipinski definition) is 5. The third-order valence-corrected chi connectivity index (χ3v) is 5.61. The van der Waals surface area contributed by atoms with Crippen molar-refractivity contribution in [2.24, 2.45) is 0 Å². The van der Waals surface area contributed by atoms with Crippen LogP contribution in [-0.4, -0.2) is 41.3 Å². The van der Waals surface area contributed by atoms with E-state index in [0.717, 1.165) is 22.6 Å². The number of ether oxygens (including phenoxy) is 2. The lowest BCUT2D eigenvalue weighted by Gasteiger charge is -2.38. The summed E-state index contributed by atoms with van der Waals surface area (Å²) >= 11 is 5.92. The number of pyridine rings is 1. The lowest BCUT2D eigenvalue weighted by molar-refractivity contribution is 0.146. The van der Waals surface area contributed by atoms with Gasteiger partial charge in [0.05, 0.1) is 40.0 Å². The molecule has 0 spiro atoms. The van der Waals surface area contributed by atoms with Gasteiger partial charge in [0, 0.05) is 19.4 Å². The van der Waals surface area contributed by atoms with E-state index < -0.39 is 5.82 Å². The minimum Gasteiger partial charge on any atom is -0.488 e. The zero-order valence-electron chi connectivity index (χ0n) is 17.0. The highest BCUT2D eigenvalue weighted by molar-refractivity contribution is 6.31. The Balaban J connectivity index is 1.64. The zero-order valence-corrected chi connectivity index (χ0v) is 17.8. The first-order chi connectivity index (χ1) is 15.0. The molecule has 1 unspecified atom stereocenters. The maximum absolute atomic E-state index is 13.9. The highest BCUT2D eigenvalue weighted by Gasteiger charge is 2.32. The molecule has 8 heteroatoms. The number of aryl methyl sites for hydroxylation is 1. The molecule has 0 bridgehead atoms. The van der Waals surface area contributed by atoms with Crippen LogP contribution < -0.4 is 9.64 Å². The zero-order chi connectivity index (χ0) is 21.5. The Morgan fingerprint density at radius 1 is 1.29 bits per heavy atom. The van der Waals surface area contributed by atoms with Crippen LogP contribution in [-0.2, 0) is 4.74 Å². The third kappa shape index (κ3) is 3.49. The SMILES string of the molecule is COCC1COc2c(-c3nc4cc(Cl)c(F)cc4[nH]3)cccc2N1c1ccc(C)cn1. The molecule has 2 aromatic carbocycles. The molecule has 2 aromatic heterocycles. The largest absolute Gasteiger partial charge is 0.488 e. The van der Waals surface area contributed by atoms with E-state index in [1.165, 1.54) is 12.1 Å². The maximum atomic E-state index is 13.9. The van der Waals surface area contributed by atoms with E-state index in [4.69, 9.17) is 21.1 Å². The monoisotopic (exact) mass is 438 g/mol. The fourth-order valence-electron chi connectivity index (χ4n) is 3.86. The number of nitrogens with zero attached hydrogens (tertiary/aromatic N) is 3. The number of hydrogen-bond donors (Lipinski definition) is 1. The van der Waals surface area contributed by atoms with Gasteiger partial charge < -0.3 is 19.4 Å². The van der Waals surface area contributed by atoms with E-state index in [0.29, 0.717) is 35.8 Å². The first-order valence-corrected chi connectivity index (χ1v) is 10.2. The van der Waals surface area contributed by atoms with Crippen molar-refractivity contribution in [3.63, 3.8) is 0 Å². The second-order valence-corrected chi connectivity index (χ2v) is 7.91. The molecule has 0 radical (unpaired) electrons. The molecule has 1 aliphatic heterocycles. The fraction of sp³-hybridized carbons (Fsp3) is 0.217. The summed E-state index contributed by atoms with van der Waals surface area (Å²) in [4.78, 5) is 14.5. The van der Waals surface area contributed by atoms with Crippen LogP contribution in [0.25, 0.3) is 22.4 Å². The third-order valence-electron chi connectivity index (χ3n) is 5.32. The second-order valence-electron chi connectivity index (χ2n) is 7.51. The van der Waals surface area contributed by atoms with E-state index in [2.05, 4.69) is 19.9 Å². The van der Waals surface area contributed by atoms with Crippen molar-refractivity contribution in [3.8, 4) is 17.1 Å². The molecule has 0 saturated heterocycles. The summed E-state index contributed by atoms with van der Waals surface area (Å²) in [5, 5.41) is 0.0379. The Hall–Kier alpha value is -3.16. The van der Waals surface area contributed by atoms with Gasteiger partial charge in [-0.1, -0.05) is 23.7 Å². The highest BCUT2D eigenvalue weighted by Crippen LogP contribution is 2.44. The maximum Gasteiger partial charge on any atom is 0.154 e. The number of rotatable bonds is 4. The van der Waals surface area contributed by atoms with Crippen molar-refractivity contribution in [2.75, 3.05) is 25.2 Å². The molecule has 6 nitrogen and oxygen atoms in total. The van der Waals surface area contributed by atoms with E-state index in [1.54, 1.807) is 7.11 Å². The van der Waals surface area contributed by atoms with Crippen LogP contribution >= 0.6 is 11.6 Å². The van der Waals surface area contributed by atoms with Crippen LogP contribution in [0.3, 0.4) is 0 Å². The normalized spacial score (nSPS) is 15.7. The molecule has 0 aliphatic carbocycles. The lowest BCUT2D eigenvalue weighted by atomic mass is 10.1. The van der Waals surface area contributed by atoms with Gasteiger partial charge in [-0.3, -0.25) is 0 Å². The quantitative estimate of drug-likeness (QED) is 0.470. The Labute approximate surface area is 183 Å². The van der Waals surface area contributed by atoms with E-state index in [1.807, 2.05) is 43.5 Å². The number of fused-ring (bicyclic) bond motifs is 2. The van der Waals surface area contributed by atoms with E-state index in [-0.39, 0.29) is 11.1 Å². The number of halogens is 2. The van der Waals surface area contributed by atoms with Gasteiger partial charge in [-0.05, 0) is 36.8 Å². The minimum absolute atomic E-state index is 0.0356. The number of anilines is 2. The number of imidazole rings is 1. The van der Waals surface area contributed by atoms with Crippen molar-refractivity contribution < 1.29 is 13.9 Å². The molecule has 1 aliphatic rings. The summed E-state index contributed by atoms with van der Waals surface area (Å²) in [5.41, 5.74) is 3.89. The van der Waals surface area contributed by atoms with Crippen molar-refractivity contribution in [1.82, 2.24) is 15.0 Å². The van der Waals surface area contributed by atoms with Gasteiger partial charge in [-0.15, -0.1) is 0 Å². The predicted octanol–water partition coefficient (Wildman–Crippen LogP) is 5.27. The van der Waals surface area contributed by atoms with Crippen molar-refractivity contribution in [1.29, 1.82) is 0 Å². The number of aromatic amines is 1. The van der Waals surface area contributed by atoms with E-state index >= 15 is 0 Å². The molecule has 0 fully saturated rings. The predicted molar refractivity (Wildman–Crippen MR) is 119 cm³/mol. The van der Waals surface area contributed by atoms with Crippen LogP contribution in [0.1, 0.15) is 5.56 Å². The molecule has 3 heterocycles. The summed E-state index contributed by atoms with van der Waals surface area (Å²) in [5.74, 6) is 1.58. The molecule has 0 saturated carbocycles. The van der Waals surface area contributed by atoms with Gasteiger partial charge in [-0.2, -0.15) is 0 Å². The summed E-state index contributed by atoms with van der Waals surface area (Å²) in [7, 11) is 1.67. The molecule has 31 heavy (non-hydrogen) atoms. The molecule has 1 atom stereocenters. The van der Waals surface area contributed by atoms with Gasteiger partial charge in [-0.25, -0.2) is 14.4 Å². The number of methoxy groups -OCH3 is 1. The Kier molecular flexibility index (Phi) is 5.00. The van der Waals surface area contributed by atoms with Crippen molar-refractivity contribution in [3.05, 3.63) is 65.1 Å². The number of benzene rings is 2. The number of nitrogens with one attached hydrogen (secondary N) is 1. The Bertz CT molecular complexity index is 1220. The summed E-state index contributed by atoms with van der Waals surface area (Å²) in [6, 6.07) is 12.7. The van der Waals surface area contributed by atoms with Gasteiger partial charge in [0.15, 0.2) is 5.75 Å². The van der Waals surface area contributed by atoms with Gasteiger partial charge in [0.25, 0.3) is 0 Å². The highest BCUT2D eigenvalue weighted by atomic mass is 35.5. The average Bonchev–Trinajstić information content (AvgIpc) is 3.17. The van der Waals surface area contributed by atoms with Crippen LogP contribution in [0.15, 0.2) is 48.7 Å². The topological polar surface area (TPSA) is 63.3 Å². The molecule has 158 valence electrons. The number of para-hydroxylation sites is 1. The number of H-pyrrole nitrogens is 1. The Morgan fingerprint density at radius 2 is 2.16 bits per heavy atom. The minimum atomic E-state index is -0.491. The van der Waals surface area contributed by atoms with Crippen LogP contribution in [0.4, 0.5) is 15.9 Å². The lowest BCUT2D eigenvalue weighted by Crippen LogP contribution is -2.43. The van der Waals surface area contributed by atoms with Crippen LogP contribution in [0.5, 0.6) is 5.75 Å². The van der Waals surface area contributed by atoms with Crippen molar-refractivity contribution in [2.45, 2.75) is 13.0 Å². The fourth-order valence-corrected chi connectivity index (χ4v) is 4.02. The van der Waals surface area contributed by atoms with E-state index in [9.17, 15) is 4.39 Å². The molecular formula is C23H20ClFN4O2.